The predicted octanol–water partition coefficient (Wildman–Crippen LogP) is 2.53. The van der Waals surface area contributed by atoms with E-state index in [0.717, 1.165) is 12.6 Å². The molecule has 2 atom stereocenters. The van der Waals surface area contributed by atoms with E-state index >= 15 is 0 Å². The van der Waals surface area contributed by atoms with Crippen molar-refractivity contribution in [2.24, 2.45) is 0 Å². The average Bonchev–Trinajstić information content (AvgIpc) is 3.00. The molecule has 2 aliphatic heterocycles. The van der Waals surface area contributed by atoms with Crippen LogP contribution >= 0.6 is 0 Å². The second-order valence-electron chi connectivity index (χ2n) is 5.36. The van der Waals surface area contributed by atoms with Crippen molar-refractivity contribution in [1.82, 2.24) is 10.2 Å². The monoisotopic (exact) mass is 242 g/mol. The molecule has 0 aromatic heterocycles. The predicted molar refractivity (Wildman–Crippen MR) is 76.5 cm³/mol. The molecule has 0 amide bonds. The zero-order valence-corrected chi connectivity index (χ0v) is 10.9. The fourth-order valence-electron chi connectivity index (χ4n) is 3.30. The first-order valence-electron chi connectivity index (χ1n) is 7.12. The van der Waals surface area contributed by atoms with Crippen molar-refractivity contribution >= 4 is 6.08 Å². The van der Waals surface area contributed by atoms with Crippen molar-refractivity contribution in [2.75, 3.05) is 19.6 Å². The van der Waals surface area contributed by atoms with Crippen LogP contribution in [0, 0.1) is 0 Å². The molecule has 0 spiro atoms. The van der Waals surface area contributed by atoms with Crippen LogP contribution in [0.15, 0.2) is 36.4 Å². The molecule has 2 heteroatoms. The molecular formula is C16H22N2. The molecule has 2 aliphatic rings. The Morgan fingerprint density at radius 3 is 2.94 bits per heavy atom. The summed E-state index contributed by atoms with van der Waals surface area (Å²) < 4.78 is 0. The molecule has 3 rings (SSSR count). The highest BCUT2D eigenvalue weighted by atomic mass is 15.2. The van der Waals surface area contributed by atoms with Crippen molar-refractivity contribution in [3.8, 4) is 0 Å². The summed E-state index contributed by atoms with van der Waals surface area (Å²) in [6.07, 6.45) is 8.55. The van der Waals surface area contributed by atoms with E-state index in [-0.39, 0.29) is 0 Å². The Balaban J connectivity index is 1.46. The molecule has 96 valence electrons. The van der Waals surface area contributed by atoms with Gasteiger partial charge in [-0.15, -0.1) is 0 Å². The molecule has 0 saturated carbocycles. The molecule has 18 heavy (non-hydrogen) atoms. The highest BCUT2D eigenvalue weighted by Crippen LogP contribution is 2.27. The molecule has 2 unspecified atom stereocenters. The summed E-state index contributed by atoms with van der Waals surface area (Å²) in [6.45, 7) is 3.61. The lowest BCUT2D eigenvalue weighted by molar-refractivity contribution is 0.302. The minimum absolute atomic E-state index is 0.716. The minimum atomic E-state index is 0.716. The largest absolute Gasteiger partial charge is 0.309 e. The van der Waals surface area contributed by atoms with Crippen molar-refractivity contribution < 1.29 is 0 Å². The van der Waals surface area contributed by atoms with Crippen LogP contribution in [0.2, 0.25) is 0 Å². The molecule has 2 heterocycles. The average molecular weight is 242 g/mol. The van der Waals surface area contributed by atoms with Crippen LogP contribution < -0.4 is 5.32 Å². The van der Waals surface area contributed by atoms with Gasteiger partial charge in [-0.1, -0.05) is 42.5 Å². The number of hydrogen-bond acceptors (Lipinski definition) is 2. The van der Waals surface area contributed by atoms with Gasteiger partial charge in [-0.05, 0) is 31.4 Å². The Kier molecular flexibility index (Phi) is 3.77. The number of benzene rings is 1. The third-order valence-corrected chi connectivity index (χ3v) is 4.21. The zero-order valence-electron chi connectivity index (χ0n) is 10.9. The Labute approximate surface area is 110 Å². The zero-order chi connectivity index (χ0) is 12.2. The van der Waals surface area contributed by atoms with Crippen molar-refractivity contribution in [1.29, 1.82) is 0 Å². The third-order valence-electron chi connectivity index (χ3n) is 4.21. The number of nitrogens with one attached hydrogen (secondary N) is 1. The molecule has 0 bridgehead atoms. The maximum Gasteiger partial charge on any atom is 0.0250 e. The second kappa shape index (κ2) is 5.68. The first kappa shape index (κ1) is 11.9. The summed E-state index contributed by atoms with van der Waals surface area (Å²) in [4.78, 5) is 2.65. The van der Waals surface area contributed by atoms with Gasteiger partial charge in [0.1, 0.15) is 0 Å². The lowest BCUT2D eigenvalue weighted by Gasteiger charge is -2.20. The van der Waals surface area contributed by atoms with E-state index < -0.39 is 0 Å². The van der Waals surface area contributed by atoms with Crippen molar-refractivity contribution in [3.63, 3.8) is 0 Å². The molecule has 1 aromatic rings. The molecule has 0 radical (unpaired) electrons. The van der Waals surface area contributed by atoms with Gasteiger partial charge in [-0.2, -0.15) is 0 Å². The fourth-order valence-corrected chi connectivity index (χ4v) is 3.30. The number of hydrogen-bond donors (Lipinski definition) is 1. The second-order valence-corrected chi connectivity index (χ2v) is 5.36. The molecule has 1 N–H and O–H groups in total. The van der Waals surface area contributed by atoms with Gasteiger partial charge >= 0.3 is 0 Å². The van der Waals surface area contributed by atoms with Gasteiger partial charge in [0.2, 0.25) is 0 Å². The molecular weight excluding hydrogens is 220 g/mol. The number of rotatable bonds is 4. The molecule has 2 nitrogen and oxygen atoms in total. The van der Waals surface area contributed by atoms with Gasteiger partial charge in [0.15, 0.2) is 0 Å². The minimum Gasteiger partial charge on any atom is -0.309 e. The first-order valence-corrected chi connectivity index (χ1v) is 7.12. The Morgan fingerprint density at radius 1 is 1.17 bits per heavy atom. The van der Waals surface area contributed by atoms with E-state index in [0.29, 0.717) is 6.04 Å². The van der Waals surface area contributed by atoms with Gasteiger partial charge in [-0.3, -0.25) is 4.90 Å². The lowest BCUT2D eigenvalue weighted by atomic mass is 10.1. The quantitative estimate of drug-likeness (QED) is 0.873. The maximum absolute atomic E-state index is 3.69. The highest BCUT2D eigenvalue weighted by Gasteiger charge is 2.36. The summed E-state index contributed by atoms with van der Waals surface area (Å²) >= 11 is 0. The van der Waals surface area contributed by atoms with Crippen LogP contribution in [0.4, 0.5) is 0 Å². The topological polar surface area (TPSA) is 15.3 Å². The maximum atomic E-state index is 3.69. The number of nitrogens with zero attached hydrogens (tertiary/aromatic N) is 1. The van der Waals surface area contributed by atoms with Crippen LogP contribution in [0.1, 0.15) is 24.8 Å². The van der Waals surface area contributed by atoms with Gasteiger partial charge in [-0.25, -0.2) is 0 Å². The summed E-state index contributed by atoms with van der Waals surface area (Å²) in [6, 6.07) is 12.0. The standard InChI is InChI=1S/C16H22N2/c1-2-6-14(7-3-1)8-4-11-17-15-10-13-18-12-5-9-16(15)18/h1-4,6-8,15-17H,5,9-13H2. The van der Waals surface area contributed by atoms with Gasteiger partial charge in [0.05, 0.1) is 0 Å². The normalized spacial score (nSPS) is 28.0. The Bertz CT molecular complexity index is 399. The smallest absolute Gasteiger partial charge is 0.0250 e. The van der Waals surface area contributed by atoms with Crippen LogP contribution in [0.3, 0.4) is 0 Å². The Morgan fingerprint density at radius 2 is 2.06 bits per heavy atom. The van der Waals surface area contributed by atoms with Gasteiger partial charge in [0.25, 0.3) is 0 Å². The van der Waals surface area contributed by atoms with E-state index in [9.17, 15) is 0 Å². The van der Waals surface area contributed by atoms with Gasteiger partial charge < -0.3 is 5.32 Å². The van der Waals surface area contributed by atoms with E-state index in [1.807, 2.05) is 0 Å². The lowest BCUT2D eigenvalue weighted by Crippen LogP contribution is -2.39. The van der Waals surface area contributed by atoms with Gasteiger partial charge in [0, 0.05) is 25.2 Å². The van der Waals surface area contributed by atoms with Crippen LogP contribution in [-0.4, -0.2) is 36.6 Å². The summed E-state index contributed by atoms with van der Waals surface area (Å²) in [5.41, 5.74) is 1.29. The van der Waals surface area contributed by atoms with Crippen molar-refractivity contribution in [2.45, 2.75) is 31.3 Å². The molecule has 1 aromatic carbocycles. The first-order chi connectivity index (χ1) is 8.93. The van der Waals surface area contributed by atoms with E-state index in [2.05, 4.69) is 52.7 Å². The summed E-state index contributed by atoms with van der Waals surface area (Å²) in [5.74, 6) is 0. The number of fused-ring (bicyclic) bond motifs is 1. The third kappa shape index (κ3) is 2.65. The van der Waals surface area contributed by atoms with E-state index in [1.165, 1.54) is 37.9 Å². The van der Waals surface area contributed by atoms with Crippen LogP contribution in [0.25, 0.3) is 6.08 Å². The SMILES string of the molecule is C(=Cc1ccccc1)CNC1CCN2CCCC12. The van der Waals surface area contributed by atoms with Crippen molar-refractivity contribution in [3.05, 3.63) is 42.0 Å². The molecule has 2 fully saturated rings. The Hall–Kier alpha value is -1.12. The van der Waals surface area contributed by atoms with E-state index in [4.69, 9.17) is 0 Å². The molecule has 2 saturated heterocycles. The fraction of sp³-hybridized carbons (Fsp3) is 0.500. The highest BCUT2D eigenvalue weighted by molar-refractivity contribution is 5.48. The van der Waals surface area contributed by atoms with E-state index in [1.54, 1.807) is 0 Å². The summed E-state index contributed by atoms with van der Waals surface area (Å²) in [7, 11) is 0. The van der Waals surface area contributed by atoms with Crippen LogP contribution in [0.5, 0.6) is 0 Å². The van der Waals surface area contributed by atoms with Crippen LogP contribution in [-0.2, 0) is 0 Å². The molecule has 0 aliphatic carbocycles. The summed E-state index contributed by atoms with van der Waals surface area (Å²) in [5, 5.41) is 3.69.